The van der Waals surface area contributed by atoms with Gasteiger partial charge in [0.05, 0.1) is 18.0 Å². The first-order chi connectivity index (χ1) is 17.0. The van der Waals surface area contributed by atoms with Gasteiger partial charge in [-0.1, -0.05) is 30.3 Å². The number of anilines is 1. The van der Waals surface area contributed by atoms with Gasteiger partial charge in [-0.15, -0.1) is 0 Å². The van der Waals surface area contributed by atoms with E-state index < -0.39 is 12.2 Å². The number of amides is 1. The number of aliphatic hydroxyl groups is 1. The molecule has 0 spiro atoms. The van der Waals surface area contributed by atoms with Crippen molar-refractivity contribution in [3.05, 3.63) is 88.5 Å². The van der Waals surface area contributed by atoms with Crippen LogP contribution in [0, 0.1) is 0 Å². The quantitative estimate of drug-likeness (QED) is 0.321. The number of unbranched alkanes of at least 4 members (excludes halogenated alkanes) is 1. The predicted molar refractivity (Wildman–Crippen MR) is 130 cm³/mol. The number of aliphatic hydroxyl groups excluding tert-OH is 1. The fourth-order valence-corrected chi connectivity index (χ4v) is 4.08. The van der Waals surface area contributed by atoms with Gasteiger partial charge in [-0.05, 0) is 43.2 Å². The van der Waals surface area contributed by atoms with E-state index >= 15 is 0 Å². The maximum atomic E-state index is 13.0. The van der Waals surface area contributed by atoms with Crippen molar-refractivity contribution in [2.45, 2.75) is 31.5 Å². The number of carbonyl (C=O) groups is 1. The number of hydrogen-bond acceptors (Lipinski definition) is 6. The summed E-state index contributed by atoms with van der Waals surface area (Å²) in [6.07, 6.45) is 2.60. The average molecular weight is 480 g/mol. The second kappa shape index (κ2) is 11.1. The summed E-state index contributed by atoms with van der Waals surface area (Å²) in [7, 11) is 1.80. The highest BCUT2D eigenvalue weighted by atomic mass is 16.7. The van der Waals surface area contributed by atoms with Gasteiger partial charge in [0.2, 0.25) is 6.29 Å². The molecule has 0 radical (unpaired) electrons. The standard InChI is InChI=1S/C26H29N3O6/c1-28-21(17-24(32)29(28)19-9-3-2-4-10-19)18-15-23(35-25(16-18)34-14-8-7-13-30)26(33)27-20-11-5-6-12-22(20)31/h2-6,9-12,15,17-18,25,30-31H,7-8,13-14,16H2,1H3,(H,27,33)/t18-,25+/m0/s1. The number of ether oxygens (including phenoxy) is 2. The van der Waals surface area contributed by atoms with Crippen molar-refractivity contribution in [3.63, 3.8) is 0 Å². The fraction of sp³-hybridized carbons (Fsp3) is 0.308. The first kappa shape index (κ1) is 24.3. The third-order valence-corrected chi connectivity index (χ3v) is 5.82. The Morgan fingerprint density at radius 2 is 1.89 bits per heavy atom. The van der Waals surface area contributed by atoms with E-state index in [1.807, 2.05) is 30.3 Å². The SMILES string of the molecule is Cn1c([C@H]2C=C(C(=O)Nc3ccccc3O)O[C@@H](OCCCCO)C2)cc(=O)n1-c1ccccc1. The van der Waals surface area contributed by atoms with Crippen molar-refractivity contribution in [2.75, 3.05) is 18.5 Å². The van der Waals surface area contributed by atoms with Gasteiger partial charge in [0.25, 0.3) is 11.5 Å². The van der Waals surface area contributed by atoms with Crippen LogP contribution in [0.1, 0.15) is 30.9 Å². The third-order valence-electron chi connectivity index (χ3n) is 5.82. The second-order valence-corrected chi connectivity index (χ2v) is 8.27. The van der Waals surface area contributed by atoms with E-state index in [0.29, 0.717) is 31.6 Å². The van der Waals surface area contributed by atoms with Crippen LogP contribution in [0.25, 0.3) is 5.69 Å². The van der Waals surface area contributed by atoms with E-state index in [4.69, 9.17) is 14.6 Å². The van der Waals surface area contributed by atoms with E-state index in [2.05, 4.69) is 5.32 Å². The lowest BCUT2D eigenvalue weighted by molar-refractivity contribution is -0.143. The molecule has 0 aliphatic carbocycles. The molecule has 0 unspecified atom stereocenters. The fourth-order valence-electron chi connectivity index (χ4n) is 4.08. The van der Waals surface area contributed by atoms with Crippen LogP contribution in [0.2, 0.25) is 0 Å². The van der Waals surface area contributed by atoms with Crippen molar-refractivity contribution in [1.29, 1.82) is 0 Å². The molecule has 0 saturated heterocycles. The van der Waals surface area contributed by atoms with Crippen molar-refractivity contribution in [1.82, 2.24) is 9.36 Å². The van der Waals surface area contributed by atoms with E-state index in [1.54, 1.807) is 46.8 Å². The number of aromatic hydroxyl groups is 1. The Kier molecular flexibility index (Phi) is 7.69. The molecule has 2 aromatic carbocycles. The molecule has 0 fully saturated rings. The molecule has 3 aromatic rings. The van der Waals surface area contributed by atoms with Crippen molar-refractivity contribution in [3.8, 4) is 11.4 Å². The highest BCUT2D eigenvalue weighted by Gasteiger charge is 2.31. The van der Waals surface area contributed by atoms with Crippen molar-refractivity contribution in [2.24, 2.45) is 7.05 Å². The average Bonchev–Trinajstić information content (AvgIpc) is 3.17. The number of hydrogen-bond donors (Lipinski definition) is 3. The second-order valence-electron chi connectivity index (χ2n) is 8.27. The van der Waals surface area contributed by atoms with E-state index in [0.717, 1.165) is 5.69 Å². The van der Waals surface area contributed by atoms with E-state index in [-0.39, 0.29) is 35.3 Å². The Morgan fingerprint density at radius 1 is 1.14 bits per heavy atom. The molecule has 1 aliphatic heterocycles. The summed E-state index contributed by atoms with van der Waals surface area (Å²) >= 11 is 0. The molecule has 3 N–H and O–H groups in total. The molecule has 9 heteroatoms. The normalized spacial score (nSPS) is 17.5. The summed E-state index contributed by atoms with van der Waals surface area (Å²) in [6, 6.07) is 17.3. The van der Waals surface area contributed by atoms with Crippen LogP contribution in [0.3, 0.4) is 0 Å². The Morgan fingerprint density at radius 3 is 2.63 bits per heavy atom. The highest BCUT2D eigenvalue weighted by Crippen LogP contribution is 2.32. The van der Waals surface area contributed by atoms with Crippen LogP contribution < -0.4 is 10.9 Å². The largest absolute Gasteiger partial charge is 0.506 e. The van der Waals surface area contributed by atoms with E-state index in [1.165, 1.54) is 6.07 Å². The highest BCUT2D eigenvalue weighted by molar-refractivity contribution is 6.03. The lowest BCUT2D eigenvalue weighted by atomic mass is 9.97. The molecule has 2 heterocycles. The van der Waals surface area contributed by atoms with Crippen LogP contribution in [0.4, 0.5) is 5.69 Å². The number of benzene rings is 2. The van der Waals surface area contributed by atoms with Gasteiger partial charge in [-0.3, -0.25) is 14.3 Å². The number of phenols is 1. The van der Waals surface area contributed by atoms with Crippen molar-refractivity contribution < 1.29 is 24.5 Å². The molecule has 184 valence electrons. The zero-order chi connectivity index (χ0) is 24.8. The number of aromatic nitrogens is 2. The van der Waals surface area contributed by atoms with Crippen molar-refractivity contribution >= 4 is 11.6 Å². The monoisotopic (exact) mass is 479 g/mol. The van der Waals surface area contributed by atoms with Crippen LogP contribution in [-0.2, 0) is 21.3 Å². The van der Waals surface area contributed by atoms with Crippen LogP contribution in [0.5, 0.6) is 5.75 Å². The maximum Gasteiger partial charge on any atom is 0.290 e. The summed E-state index contributed by atoms with van der Waals surface area (Å²) in [4.78, 5) is 25.9. The molecule has 0 saturated carbocycles. The first-order valence-electron chi connectivity index (χ1n) is 11.5. The lowest BCUT2D eigenvalue weighted by Crippen LogP contribution is -2.30. The molecule has 1 aliphatic rings. The summed E-state index contributed by atoms with van der Waals surface area (Å²) < 4.78 is 15.0. The topological polar surface area (TPSA) is 115 Å². The molecule has 2 atom stereocenters. The van der Waals surface area contributed by atoms with Gasteiger partial charge >= 0.3 is 0 Å². The zero-order valence-electron chi connectivity index (χ0n) is 19.5. The molecule has 4 rings (SSSR count). The number of phenolic OH excluding ortho intramolecular Hbond substituents is 1. The summed E-state index contributed by atoms with van der Waals surface area (Å²) in [5.41, 5.74) is 1.51. The molecular formula is C26H29N3O6. The number of nitrogens with one attached hydrogen (secondary N) is 1. The van der Waals surface area contributed by atoms with Gasteiger partial charge < -0.3 is 25.0 Å². The minimum atomic E-state index is -0.719. The Labute approximate surface area is 202 Å². The predicted octanol–water partition coefficient (Wildman–Crippen LogP) is 3.02. The minimum absolute atomic E-state index is 0.0385. The van der Waals surface area contributed by atoms with Gasteiger partial charge in [-0.25, -0.2) is 4.68 Å². The number of allylic oxidation sites excluding steroid dienone is 1. The first-order valence-corrected chi connectivity index (χ1v) is 11.5. The third kappa shape index (κ3) is 5.64. The number of para-hydroxylation sites is 3. The number of rotatable bonds is 9. The summed E-state index contributed by atoms with van der Waals surface area (Å²) in [6.45, 7) is 0.428. The zero-order valence-corrected chi connectivity index (χ0v) is 19.5. The van der Waals surface area contributed by atoms with Crippen LogP contribution in [0.15, 0.2) is 77.3 Å². The lowest BCUT2D eigenvalue weighted by Gasteiger charge is -2.29. The van der Waals surface area contributed by atoms with Crippen LogP contribution in [-0.4, -0.2) is 45.0 Å². The van der Waals surface area contributed by atoms with Gasteiger partial charge in [-0.2, -0.15) is 0 Å². The number of nitrogens with zero attached hydrogens (tertiary/aromatic N) is 2. The minimum Gasteiger partial charge on any atom is -0.506 e. The maximum absolute atomic E-state index is 13.0. The Hall–Kier alpha value is -3.82. The summed E-state index contributed by atoms with van der Waals surface area (Å²) in [5.74, 6) is -0.892. The molecular weight excluding hydrogens is 450 g/mol. The number of carbonyl (C=O) groups excluding carboxylic acids is 1. The molecule has 1 aromatic heterocycles. The Bertz CT molecular complexity index is 1250. The molecule has 35 heavy (non-hydrogen) atoms. The Balaban J connectivity index is 1.63. The smallest absolute Gasteiger partial charge is 0.290 e. The molecule has 9 nitrogen and oxygen atoms in total. The molecule has 0 bridgehead atoms. The summed E-state index contributed by atoms with van der Waals surface area (Å²) in [5, 5.41) is 21.7. The van der Waals surface area contributed by atoms with Gasteiger partial charge in [0, 0.05) is 37.8 Å². The van der Waals surface area contributed by atoms with Crippen LogP contribution >= 0.6 is 0 Å². The van der Waals surface area contributed by atoms with Gasteiger partial charge in [0.1, 0.15) is 5.75 Å². The van der Waals surface area contributed by atoms with E-state index in [9.17, 15) is 14.7 Å². The van der Waals surface area contributed by atoms with Gasteiger partial charge in [0.15, 0.2) is 5.76 Å². The molecule has 1 amide bonds.